The lowest BCUT2D eigenvalue weighted by molar-refractivity contribution is 0.137. The first-order valence-electron chi connectivity index (χ1n) is 8.17. The van der Waals surface area contributed by atoms with E-state index in [0.717, 1.165) is 44.3 Å². The Hall–Kier alpha value is -0.940. The fourth-order valence-corrected chi connectivity index (χ4v) is 2.97. The Morgan fingerprint density at radius 2 is 2.20 bits per heavy atom. The molecule has 1 unspecified atom stereocenters. The van der Waals surface area contributed by atoms with Crippen LogP contribution < -0.4 is 5.32 Å². The maximum atomic E-state index is 4.23. The monoisotopic (exact) mass is 279 g/mol. The summed E-state index contributed by atoms with van der Waals surface area (Å²) in [6, 6.07) is 0.776. The fraction of sp³-hybridized carbons (Fsp3) is 0.867. The van der Waals surface area contributed by atoms with Gasteiger partial charge in [-0.15, -0.1) is 5.10 Å². The molecule has 0 aromatic carbocycles. The average molecular weight is 279 g/mol. The first-order chi connectivity index (χ1) is 9.83. The van der Waals surface area contributed by atoms with Crippen molar-refractivity contribution < 1.29 is 0 Å². The van der Waals surface area contributed by atoms with Crippen LogP contribution in [0.1, 0.15) is 51.6 Å². The number of nitrogens with one attached hydrogen (secondary N) is 1. The molecule has 1 saturated heterocycles. The molecule has 1 aromatic heterocycles. The highest BCUT2D eigenvalue weighted by Gasteiger charge is 2.20. The number of piperidine rings is 1. The minimum Gasteiger partial charge on any atom is -0.311 e. The molecule has 0 aliphatic carbocycles. The summed E-state index contributed by atoms with van der Waals surface area (Å²) >= 11 is 0. The summed E-state index contributed by atoms with van der Waals surface area (Å²) < 4.78 is 1.99. The minimum absolute atomic E-state index is 0.776. The highest BCUT2D eigenvalue weighted by molar-refractivity contribution is 4.91. The lowest BCUT2D eigenvalue weighted by Crippen LogP contribution is -2.40. The molecule has 0 radical (unpaired) electrons. The van der Waals surface area contributed by atoms with E-state index in [0.29, 0.717) is 0 Å². The van der Waals surface area contributed by atoms with Gasteiger partial charge in [0.05, 0.1) is 12.2 Å². The third-order valence-electron chi connectivity index (χ3n) is 4.16. The molecular formula is C15H29N5. The zero-order valence-electron chi connectivity index (χ0n) is 13.0. The van der Waals surface area contributed by atoms with Crippen LogP contribution in [0.2, 0.25) is 0 Å². The van der Waals surface area contributed by atoms with Crippen LogP contribution in [0.15, 0.2) is 6.20 Å². The Balaban J connectivity index is 1.75. The van der Waals surface area contributed by atoms with Gasteiger partial charge >= 0.3 is 0 Å². The van der Waals surface area contributed by atoms with Crippen molar-refractivity contribution in [3.63, 3.8) is 0 Å². The van der Waals surface area contributed by atoms with Gasteiger partial charge in [-0.2, -0.15) is 0 Å². The first kappa shape index (κ1) is 15.4. The van der Waals surface area contributed by atoms with Gasteiger partial charge in [0.25, 0.3) is 0 Å². The Morgan fingerprint density at radius 3 is 3.00 bits per heavy atom. The second-order valence-electron chi connectivity index (χ2n) is 5.74. The summed E-state index contributed by atoms with van der Waals surface area (Å²) in [5.41, 5.74) is 1.05. The smallest absolute Gasteiger partial charge is 0.0964 e. The van der Waals surface area contributed by atoms with Gasteiger partial charge < -0.3 is 5.32 Å². The summed E-state index contributed by atoms with van der Waals surface area (Å²) in [5.74, 6) is 0. The Kier molecular flexibility index (Phi) is 6.47. The second kappa shape index (κ2) is 8.37. The summed E-state index contributed by atoms with van der Waals surface area (Å²) in [4.78, 5) is 2.63. The predicted octanol–water partition coefficient (Wildman–Crippen LogP) is 2.04. The van der Waals surface area contributed by atoms with Gasteiger partial charge in [0, 0.05) is 25.3 Å². The highest BCUT2D eigenvalue weighted by atomic mass is 15.4. The van der Waals surface area contributed by atoms with Gasteiger partial charge in [0.2, 0.25) is 0 Å². The molecule has 0 saturated carbocycles. The molecule has 2 heterocycles. The predicted molar refractivity (Wildman–Crippen MR) is 81.5 cm³/mol. The molecule has 1 atom stereocenters. The van der Waals surface area contributed by atoms with E-state index in [9.17, 15) is 0 Å². The molecule has 1 aromatic rings. The molecule has 0 bridgehead atoms. The molecule has 1 N–H and O–H groups in total. The number of hydrogen-bond acceptors (Lipinski definition) is 4. The van der Waals surface area contributed by atoms with Gasteiger partial charge in [0.15, 0.2) is 0 Å². The number of rotatable bonds is 8. The number of aromatic nitrogens is 3. The highest BCUT2D eigenvalue weighted by Crippen LogP contribution is 2.18. The van der Waals surface area contributed by atoms with E-state index in [2.05, 4.69) is 40.6 Å². The minimum atomic E-state index is 0.776. The summed E-state index contributed by atoms with van der Waals surface area (Å²) in [7, 11) is 0. The van der Waals surface area contributed by atoms with Crippen molar-refractivity contribution in [1.82, 2.24) is 25.2 Å². The quantitative estimate of drug-likeness (QED) is 0.740. The third-order valence-corrected chi connectivity index (χ3v) is 4.16. The third kappa shape index (κ3) is 4.56. The van der Waals surface area contributed by atoms with E-state index in [1.165, 1.54) is 32.2 Å². The normalized spacial score (nSPS) is 20.4. The summed E-state index contributed by atoms with van der Waals surface area (Å²) in [6.45, 7) is 9.65. The molecular weight excluding hydrogens is 250 g/mol. The molecule has 0 spiro atoms. The lowest BCUT2D eigenvalue weighted by atomic mass is 10.0. The maximum Gasteiger partial charge on any atom is 0.0964 e. The van der Waals surface area contributed by atoms with Gasteiger partial charge in [-0.25, -0.2) is 0 Å². The molecule has 20 heavy (non-hydrogen) atoms. The molecule has 5 nitrogen and oxygen atoms in total. The van der Waals surface area contributed by atoms with Crippen LogP contribution in [0, 0.1) is 0 Å². The SMILES string of the molecule is CCCNCc1cn(CCN2CCCCC2CC)nn1. The van der Waals surface area contributed by atoms with E-state index in [4.69, 9.17) is 0 Å². The van der Waals surface area contributed by atoms with Crippen LogP contribution in [-0.4, -0.2) is 45.6 Å². The van der Waals surface area contributed by atoms with Gasteiger partial charge in [-0.1, -0.05) is 25.5 Å². The molecule has 2 rings (SSSR count). The van der Waals surface area contributed by atoms with Crippen molar-refractivity contribution in [2.45, 2.75) is 65.1 Å². The van der Waals surface area contributed by atoms with E-state index < -0.39 is 0 Å². The maximum absolute atomic E-state index is 4.23. The molecule has 0 amide bonds. The molecule has 5 heteroatoms. The van der Waals surface area contributed by atoms with Crippen LogP contribution in [0.3, 0.4) is 0 Å². The Bertz CT molecular complexity index is 376. The van der Waals surface area contributed by atoms with Crippen LogP contribution in [0.25, 0.3) is 0 Å². The average Bonchev–Trinajstić information content (AvgIpc) is 2.93. The van der Waals surface area contributed by atoms with E-state index in [-0.39, 0.29) is 0 Å². The largest absolute Gasteiger partial charge is 0.311 e. The zero-order valence-corrected chi connectivity index (χ0v) is 13.0. The number of hydrogen-bond donors (Lipinski definition) is 1. The van der Waals surface area contributed by atoms with Crippen molar-refractivity contribution in [3.05, 3.63) is 11.9 Å². The van der Waals surface area contributed by atoms with Crippen molar-refractivity contribution in [3.8, 4) is 0 Å². The fourth-order valence-electron chi connectivity index (χ4n) is 2.97. The summed E-state index contributed by atoms with van der Waals surface area (Å²) in [5, 5.41) is 11.8. The summed E-state index contributed by atoms with van der Waals surface area (Å²) in [6.07, 6.45) is 8.60. The van der Waals surface area contributed by atoms with Crippen LogP contribution in [0.5, 0.6) is 0 Å². The van der Waals surface area contributed by atoms with Crippen molar-refractivity contribution in [2.24, 2.45) is 0 Å². The topological polar surface area (TPSA) is 46.0 Å². The van der Waals surface area contributed by atoms with Crippen LogP contribution in [-0.2, 0) is 13.1 Å². The standard InChI is InChI=1S/C15H29N5/c1-3-8-16-12-14-13-20(18-17-14)11-10-19-9-6-5-7-15(19)4-2/h13,15-16H,3-12H2,1-2H3. The number of likely N-dealkylation sites (tertiary alicyclic amines) is 1. The Morgan fingerprint density at radius 1 is 1.30 bits per heavy atom. The van der Waals surface area contributed by atoms with Crippen molar-refractivity contribution in [2.75, 3.05) is 19.6 Å². The molecule has 1 aliphatic heterocycles. The van der Waals surface area contributed by atoms with Crippen LogP contribution >= 0.6 is 0 Å². The molecule has 1 aliphatic rings. The first-order valence-corrected chi connectivity index (χ1v) is 8.17. The van der Waals surface area contributed by atoms with Gasteiger partial charge in [0.1, 0.15) is 0 Å². The zero-order chi connectivity index (χ0) is 14.2. The van der Waals surface area contributed by atoms with E-state index in [1.54, 1.807) is 0 Å². The second-order valence-corrected chi connectivity index (χ2v) is 5.74. The molecule has 114 valence electrons. The van der Waals surface area contributed by atoms with E-state index >= 15 is 0 Å². The van der Waals surface area contributed by atoms with Gasteiger partial charge in [-0.3, -0.25) is 9.58 Å². The number of nitrogens with zero attached hydrogens (tertiary/aromatic N) is 4. The van der Waals surface area contributed by atoms with Crippen molar-refractivity contribution in [1.29, 1.82) is 0 Å². The van der Waals surface area contributed by atoms with Crippen LogP contribution in [0.4, 0.5) is 0 Å². The molecule has 1 fully saturated rings. The van der Waals surface area contributed by atoms with E-state index in [1.807, 2.05) is 4.68 Å². The lowest BCUT2D eigenvalue weighted by Gasteiger charge is -2.35. The Labute approximate surface area is 122 Å². The van der Waals surface area contributed by atoms with Crippen molar-refractivity contribution >= 4 is 0 Å². The van der Waals surface area contributed by atoms with Gasteiger partial charge in [-0.05, 0) is 38.8 Å².